The Morgan fingerprint density at radius 2 is 1.78 bits per heavy atom. The number of nitrogens with one attached hydrogen (secondary N) is 1. The standard InChI is InChI=1S/C18H33N5O3.HI/c1-21(2)15(24)11-19-17(20-12-16(25)22(3)4)23-9-5-7-18(13-23)8-6-10-26-14-18;/h5-14H2,1-4H3,(H,19,20);1H. The van der Waals surface area contributed by atoms with Gasteiger partial charge in [-0.05, 0) is 25.7 Å². The predicted molar refractivity (Wildman–Crippen MR) is 116 cm³/mol. The van der Waals surface area contributed by atoms with Crippen LogP contribution in [0, 0.1) is 5.41 Å². The fourth-order valence-electron chi connectivity index (χ4n) is 3.49. The van der Waals surface area contributed by atoms with Crippen LogP contribution in [-0.4, -0.2) is 100 Å². The molecule has 2 amide bonds. The van der Waals surface area contributed by atoms with Gasteiger partial charge in [0.05, 0.1) is 13.2 Å². The molecule has 1 unspecified atom stereocenters. The molecule has 1 N–H and O–H groups in total. The molecule has 2 heterocycles. The lowest BCUT2D eigenvalue weighted by atomic mass is 9.76. The molecule has 0 bridgehead atoms. The first-order chi connectivity index (χ1) is 12.3. The summed E-state index contributed by atoms with van der Waals surface area (Å²) in [6, 6.07) is 0. The first kappa shape index (κ1) is 23.9. The maximum atomic E-state index is 12.0. The van der Waals surface area contributed by atoms with Crippen molar-refractivity contribution in [3.63, 3.8) is 0 Å². The zero-order chi connectivity index (χ0) is 19.2. The van der Waals surface area contributed by atoms with Crippen LogP contribution in [0.4, 0.5) is 0 Å². The summed E-state index contributed by atoms with van der Waals surface area (Å²) in [6.45, 7) is 3.60. The van der Waals surface area contributed by atoms with Gasteiger partial charge in [-0.2, -0.15) is 0 Å². The number of guanidine groups is 1. The molecule has 9 heteroatoms. The molecule has 1 atom stereocenters. The van der Waals surface area contributed by atoms with E-state index in [1.165, 1.54) is 4.90 Å². The largest absolute Gasteiger partial charge is 0.381 e. The van der Waals surface area contributed by atoms with E-state index in [2.05, 4.69) is 15.2 Å². The van der Waals surface area contributed by atoms with Gasteiger partial charge in [-0.3, -0.25) is 9.59 Å². The van der Waals surface area contributed by atoms with Crippen molar-refractivity contribution >= 4 is 41.8 Å². The summed E-state index contributed by atoms with van der Waals surface area (Å²) < 4.78 is 5.74. The van der Waals surface area contributed by atoms with Gasteiger partial charge in [0.25, 0.3) is 0 Å². The lowest BCUT2D eigenvalue weighted by Gasteiger charge is -2.45. The molecule has 2 aliphatic rings. The summed E-state index contributed by atoms with van der Waals surface area (Å²) >= 11 is 0. The third-order valence-electron chi connectivity index (χ3n) is 5.12. The van der Waals surface area contributed by atoms with E-state index < -0.39 is 0 Å². The van der Waals surface area contributed by atoms with Crippen molar-refractivity contribution in [2.24, 2.45) is 10.4 Å². The van der Waals surface area contributed by atoms with Gasteiger partial charge in [0.15, 0.2) is 5.96 Å². The van der Waals surface area contributed by atoms with Crippen LogP contribution in [0.2, 0.25) is 0 Å². The molecule has 2 fully saturated rings. The van der Waals surface area contributed by atoms with Crippen LogP contribution in [0.15, 0.2) is 4.99 Å². The second kappa shape index (κ2) is 11.0. The number of likely N-dealkylation sites (N-methyl/N-ethyl adjacent to an activating group) is 2. The van der Waals surface area contributed by atoms with Crippen molar-refractivity contribution < 1.29 is 14.3 Å². The number of likely N-dealkylation sites (tertiary alicyclic amines) is 1. The van der Waals surface area contributed by atoms with Crippen LogP contribution in [0.1, 0.15) is 25.7 Å². The number of aliphatic imine (C=N–C) groups is 1. The van der Waals surface area contributed by atoms with Crippen molar-refractivity contribution in [1.29, 1.82) is 0 Å². The minimum Gasteiger partial charge on any atom is -0.381 e. The lowest BCUT2D eigenvalue weighted by molar-refractivity contribution is -0.127. The Kier molecular flexibility index (Phi) is 9.78. The summed E-state index contributed by atoms with van der Waals surface area (Å²) in [6.07, 6.45) is 4.47. The van der Waals surface area contributed by atoms with E-state index in [4.69, 9.17) is 4.74 Å². The number of amides is 2. The van der Waals surface area contributed by atoms with Crippen molar-refractivity contribution in [2.45, 2.75) is 25.7 Å². The summed E-state index contributed by atoms with van der Waals surface area (Å²) in [4.78, 5) is 33.7. The highest BCUT2D eigenvalue weighted by molar-refractivity contribution is 14.0. The third kappa shape index (κ3) is 7.10. The van der Waals surface area contributed by atoms with Crippen LogP contribution >= 0.6 is 24.0 Å². The normalized spacial score (nSPS) is 22.8. The van der Waals surface area contributed by atoms with E-state index >= 15 is 0 Å². The van der Waals surface area contributed by atoms with Crippen molar-refractivity contribution in [1.82, 2.24) is 20.0 Å². The maximum absolute atomic E-state index is 12.0. The van der Waals surface area contributed by atoms with Gasteiger partial charge < -0.3 is 24.8 Å². The number of halogens is 1. The van der Waals surface area contributed by atoms with E-state index in [1.54, 1.807) is 33.1 Å². The number of hydrogen-bond donors (Lipinski definition) is 1. The van der Waals surface area contributed by atoms with E-state index in [-0.39, 0.29) is 54.3 Å². The Labute approximate surface area is 179 Å². The smallest absolute Gasteiger partial charge is 0.243 e. The third-order valence-corrected chi connectivity index (χ3v) is 5.12. The summed E-state index contributed by atoms with van der Waals surface area (Å²) in [5, 5.41) is 3.16. The Bertz CT molecular complexity index is 528. The highest BCUT2D eigenvalue weighted by Crippen LogP contribution is 2.37. The van der Waals surface area contributed by atoms with Gasteiger partial charge in [-0.1, -0.05) is 0 Å². The fraction of sp³-hybridized carbons (Fsp3) is 0.833. The van der Waals surface area contributed by atoms with E-state index in [0.717, 1.165) is 52.0 Å². The van der Waals surface area contributed by atoms with Gasteiger partial charge in [-0.15, -0.1) is 24.0 Å². The molecule has 0 aromatic rings. The minimum atomic E-state index is -0.0593. The number of nitrogens with zero attached hydrogens (tertiary/aromatic N) is 4. The van der Waals surface area contributed by atoms with Crippen LogP contribution in [-0.2, 0) is 14.3 Å². The Morgan fingerprint density at radius 3 is 2.37 bits per heavy atom. The van der Waals surface area contributed by atoms with Gasteiger partial charge in [0.1, 0.15) is 6.54 Å². The first-order valence-corrected chi connectivity index (χ1v) is 9.34. The highest BCUT2D eigenvalue weighted by Gasteiger charge is 2.38. The number of ether oxygens (including phenoxy) is 1. The zero-order valence-electron chi connectivity index (χ0n) is 17.0. The SMILES string of the molecule is CN(C)C(=O)CN=C(NCC(=O)N(C)C)N1CCCC2(CCCOC2)C1.I. The molecule has 156 valence electrons. The monoisotopic (exact) mass is 495 g/mol. The van der Waals surface area contributed by atoms with Crippen LogP contribution in [0.25, 0.3) is 0 Å². The van der Waals surface area contributed by atoms with Crippen LogP contribution in [0.3, 0.4) is 0 Å². The second-order valence-corrected chi connectivity index (χ2v) is 7.75. The van der Waals surface area contributed by atoms with Crippen molar-refractivity contribution in [3.05, 3.63) is 0 Å². The number of carbonyl (C=O) groups is 2. The summed E-state index contributed by atoms with van der Waals surface area (Å²) in [5.74, 6) is 0.556. The molecule has 0 radical (unpaired) electrons. The van der Waals surface area contributed by atoms with E-state index in [1.807, 2.05) is 0 Å². The summed E-state index contributed by atoms with van der Waals surface area (Å²) in [5.41, 5.74) is 0.163. The molecule has 0 aromatic heterocycles. The predicted octanol–water partition coefficient (Wildman–Crippen LogP) is 0.619. The van der Waals surface area contributed by atoms with Crippen molar-refractivity contribution in [2.75, 3.05) is 67.6 Å². The Morgan fingerprint density at radius 1 is 1.11 bits per heavy atom. The Balaban J connectivity index is 0.00000364. The molecule has 2 saturated heterocycles. The molecular formula is C18H34IN5O3. The van der Waals surface area contributed by atoms with Crippen molar-refractivity contribution in [3.8, 4) is 0 Å². The quantitative estimate of drug-likeness (QED) is 0.352. The average molecular weight is 495 g/mol. The zero-order valence-corrected chi connectivity index (χ0v) is 19.3. The van der Waals surface area contributed by atoms with Gasteiger partial charge in [0, 0.05) is 53.3 Å². The van der Waals surface area contributed by atoms with Gasteiger partial charge in [0.2, 0.25) is 11.8 Å². The maximum Gasteiger partial charge on any atom is 0.243 e. The molecule has 2 aliphatic heterocycles. The van der Waals surface area contributed by atoms with Gasteiger partial charge in [-0.25, -0.2) is 4.99 Å². The van der Waals surface area contributed by atoms with E-state index in [0.29, 0.717) is 5.96 Å². The second-order valence-electron chi connectivity index (χ2n) is 7.75. The molecule has 1 spiro atoms. The van der Waals surface area contributed by atoms with E-state index in [9.17, 15) is 9.59 Å². The number of piperidine rings is 1. The lowest BCUT2D eigenvalue weighted by Crippen LogP contribution is -2.54. The average Bonchev–Trinajstić information content (AvgIpc) is 2.61. The molecule has 2 rings (SSSR count). The Hall–Kier alpha value is -1.10. The number of carbonyl (C=O) groups excluding carboxylic acids is 2. The topological polar surface area (TPSA) is 77.5 Å². The summed E-state index contributed by atoms with van der Waals surface area (Å²) in [7, 11) is 6.89. The molecule has 27 heavy (non-hydrogen) atoms. The molecule has 0 aromatic carbocycles. The molecule has 8 nitrogen and oxygen atoms in total. The highest BCUT2D eigenvalue weighted by atomic mass is 127. The van der Waals surface area contributed by atoms with Crippen LogP contribution < -0.4 is 5.32 Å². The fourth-order valence-corrected chi connectivity index (χ4v) is 3.49. The number of rotatable bonds is 4. The molecule has 0 aliphatic carbocycles. The minimum absolute atomic E-state index is 0. The molecule has 0 saturated carbocycles. The first-order valence-electron chi connectivity index (χ1n) is 9.34. The van der Waals surface area contributed by atoms with Gasteiger partial charge >= 0.3 is 0 Å². The number of hydrogen-bond acceptors (Lipinski definition) is 4. The van der Waals surface area contributed by atoms with Crippen LogP contribution in [0.5, 0.6) is 0 Å². The molecular weight excluding hydrogens is 461 g/mol.